The van der Waals surface area contributed by atoms with Gasteiger partial charge in [0, 0.05) is 0 Å². The Morgan fingerprint density at radius 3 is 2.57 bits per heavy atom. The summed E-state index contributed by atoms with van der Waals surface area (Å²) >= 11 is 0. The highest BCUT2D eigenvalue weighted by molar-refractivity contribution is 7.91. The maximum Gasteiger partial charge on any atom is 0.338 e. The second-order valence-electron chi connectivity index (χ2n) is 5.40. The molecule has 0 radical (unpaired) electrons. The van der Waals surface area contributed by atoms with Crippen LogP contribution in [0.1, 0.15) is 34.3 Å². The number of ether oxygens (including phenoxy) is 1. The average molecular weight is 311 g/mol. The third-order valence-electron chi connectivity index (χ3n) is 3.86. The molecule has 0 unspecified atom stereocenters. The van der Waals surface area contributed by atoms with E-state index in [9.17, 15) is 13.2 Å². The van der Waals surface area contributed by atoms with Crippen LogP contribution < -0.4 is 5.32 Å². The minimum Gasteiger partial charge on any atom is -0.465 e. The summed E-state index contributed by atoms with van der Waals surface area (Å²) in [6, 6.07) is 5.08. The first-order chi connectivity index (χ1) is 9.94. The molecule has 6 heteroatoms. The average Bonchev–Trinajstić information content (AvgIpc) is 2.47. The summed E-state index contributed by atoms with van der Waals surface area (Å²) in [5, 5.41) is 2.91. The van der Waals surface area contributed by atoms with E-state index in [1.807, 2.05) is 0 Å². The van der Waals surface area contributed by atoms with Crippen LogP contribution in [-0.2, 0) is 20.3 Å². The van der Waals surface area contributed by atoms with E-state index in [1.165, 1.54) is 7.11 Å². The van der Waals surface area contributed by atoms with E-state index in [1.54, 1.807) is 25.1 Å². The van der Waals surface area contributed by atoms with Gasteiger partial charge < -0.3 is 10.1 Å². The third-order valence-corrected chi connectivity index (χ3v) is 6.08. The predicted molar refractivity (Wildman–Crippen MR) is 81.0 cm³/mol. The van der Waals surface area contributed by atoms with Gasteiger partial charge in [-0.2, -0.15) is 0 Å². The molecule has 1 aromatic carbocycles. The van der Waals surface area contributed by atoms with Gasteiger partial charge in [0.15, 0.2) is 9.84 Å². The maximum atomic E-state index is 12.4. The SMILES string of the molecule is COC(=O)c1ccc(CS(=O)(=O)C2CCNCC2)cc1C. The number of rotatable bonds is 4. The van der Waals surface area contributed by atoms with Crippen LogP contribution in [0.25, 0.3) is 0 Å². The highest BCUT2D eigenvalue weighted by Gasteiger charge is 2.27. The molecule has 0 aliphatic carbocycles. The highest BCUT2D eigenvalue weighted by Crippen LogP contribution is 2.20. The molecule has 0 spiro atoms. The normalized spacial score (nSPS) is 16.7. The van der Waals surface area contributed by atoms with Crippen molar-refractivity contribution in [1.82, 2.24) is 5.32 Å². The van der Waals surface area contributed by atoms with Crippen LogP contribution in [0.3, 0.4) is 0 Å². The number of sulfone groups is 1. The zero-order chi connectivity index (χ0) is 15.5. The summed E-state index contributed by atoms with van der Waals surface area (Å²) in [6.45, 7) is 3.29. The van der Waals surface area contributed by atoms with Crippen molar-refractivity contribution in [2.75, 3.05) is 20.2 Å². The minimum atomic E-state index is -3.15. The molecule has 0 aromatic heterocycles. The van der Waals surface area contributed by atoms with Crippen LogP contribution >= 0.6 is 0 Å². The highest BCUT2D eigenvalue weighted by atomic mass is 32.2. The summed E-state index contributed by atoms with van der Waals surface area (Å²) in [5.74, 6) is -0.375. The zero-order valence-corrected chi connectivity index (χ0v) is 13.2. The first-order valence-electron chi connectivity index (χ1n) is 7.04. The van der Waals surface area contributed by atoms with E-state index >= 15 is 0 Å². The molecule has 116 valence electrons. The van der Waals surface area contributed by atoms with Crippen molar-refractivity contribution in [3.8, 4) is 0 Å². The van der Waals surface area contributed by atoms with Gasteiger partial charge in [-0.3, -0.25) is 0 Å². The summed E-state index contributed by atoms with van der Waals surface area (Å²) in [7, 11) is -1.82. The smallest absolute Gasteiger partial charge is 0.338 e. The van der Waals surface area contributed by atoms with Crippen LogP contribution in [0.5, 0.6) is 0 Å². The fraction of sp³-hybridized carbons (Fsp3) is 0.533. The number of nitrogens with one attached hydrogen (secondary N) is 1. The zero-order valence-electron chi connectivity index (χ0n) is 12.4. The molecule has 1 N–H and O–H groups in total. The Labute approximate surface area is 125 Å². The molecule has 1 aliphatic heterocycles. The summed E-state index contributed by atoms with van der Waals surface area (Å²) in [6.07, 6.45) is 1.34. The van der Waals surface area contributed by atoms with Gasteiger partial charge in [0.1, 0.15) is 0 Å². The monoisotopic (exact) mass is 311 g/mol. The number of hydrogen-bond donors (Lipinski definition) is 1. The van der Waals surface area contributed by atoms with E-state index in [2.05, 4.69) is 10.1 Å². The number of carbonyl (C=O) groups excluding carboxylic acids is 1. The van der Waals surface area contributed by atoms with Gasteiger partial charge in [-0.15, -0.1) is 0 Å². The van der Waals surface area contributed by atoms with Crippen LogP contribution in [0.2, 0.25) is 0 Å². The van der Waals surface area contributed by atoms with Gasteiger partial charge in [0.05, 0.1) is 23.7 Å². The Morgan fingerprint density at radius 1 is 1.33 bits per heavy atom. The molecular weight excluding hydrogens is 290 g/mol. The lowest BCUT2D eigenvalue weighted by Gasteiger charge is -2.22. The molecule has 1 heterocycles. The van der Waals surface area contributed by atoms with Crippen molar-refractivity contribution in [2.45, 2.75) is 30.8 Å². The second kappa shape index (κ2) is 6.58. The van der Waals surface area contributed by atoms with Crippen LogP contribution in [0.4, 0.5) is 0 Å². The Balaban J connectivity index is 2.16. The minimum absolute atomic E-state index is 0.0277. The molecule has 1 aliphatic rings. The molecule has 5 nitrogen and oxygen atoms in total. The largest absolute Gasteiger partial charge is 0.465 e. The third kappa shape index (κ3) is 3.83. The lowest BCUT2D eigenvalue weighted by Crippen LogP contribution is -2.36. The first-order valence-corrected chi connectivity index (χ1v) is 8.75. The number of piperidine rings is 1. The van der Waals surface area contributed by atoms with Gasteiger partial charge in [-0.1, -0.05) is 12.1 Å². The number of esters is 1. The van der Waals surface area contributed by atoms with E-state index < -0.39 is 15.8 Å². The summed E-state index contributed by atoms with van der Waals surface area (Å²) in [5.41, 5.74) is 1.93. The Hall–Kier alpha value is -1.40. The topological polar surface area (TPSA) is 72.5 Å². The quantitative estimate of drug-likeness (QED) is 0.852. The standard InChI is InChI=1S/C15H21NO4S/c1-11-9-12(3-4-14(11)15(17)20-2)10-21(18,19)13-5-7-16-8-6-13/h3-4,9,13,16H,5-8,10H2,1-2H3. The Morgan fingerprint density at radius 2 is 2.00 bits per heavy atom. The van der Waals surface area contributed by atoms with Crippen molar-refractivity contribution in [3.05, 3.63) is 34.9 Å². The van der Waals surface area contributed by atoms with Crippen LogP contribution in [-0.4, -0.2) is 39.8 Å². The van der Waals surface area contributed by atoms with Gasteiger partial charge in [0.25, 0.3) is 0 Å². The van der Waals surface area contributed by atoms with Crippen molar-refractivity contribution < 1.29 is 17.9 Å². The lowest BCUT2D eigenvalue weighted by molar-refractivity contribution is 0.0600. The number of hydrogen-bond acceptors (Lipinski definition) is 5. The molecule has 21 heavy (non-hydrogen) atoms. The number of benzene rings is 1. The van der Waals surface area contributed by atoms with E-state index in [0.29, 0.717) is 18.4 Å². The number of carbonyl (C=O) groups is 1. The maximum absolute atomic E-state index is 12.4. The molecule has 1 aromatic rings. The lowest BCUT2D eigenvalue weighted by atomic mass is 10.1. The molecule has 0 saturated carbocycles. The van der Waals surface area contributed by atoms with Crippen LogP contribution in [0.15, 0.2) is 18.2 Å². The van der Waals surface area contributed by atoms with Gasteiger partial charge >= 0.3 is 5.97 Å². The van der Waals surface area contributed by atoms with Crippen molar-refractivity contribution in [3.63, 3.8) is 0 Å². The van der Waals surface area contributed by atoms with E-state index in [4.69, 9.17) is 0 Å². The van der Waals surface area contributed by atoms with Gasteiger partial charge in [0.2, 0.25) is 0 Å². The fourth-order valence-electron chi connectivity index (χ4n) is 2.66. The second-order valence-corrected chi connectivity index (χ2v) is 7.68. The van der Waals surface area contributed by atoms with Crippen molar-refractivity contribution in [2.24, 2.45) is 0 Å². The Bertz CT molecular complexity index is 619. The predicted octanol–water partition coefficient (Wildman–Crippen LogP) is 1.45. The summed E-state index contributed by atoms with van der Waals surface area (Å²) in [4.78, 5) is 11.5. The summed E-state index contributed by atoms with van der Waals surface area (Å²) < 4.78 is 29.5. The van der Waals surface area contributed by atoms with Gasteiger partial charge in [-0.05, 0) is 50.0 Å². The molecular formula is C15H21NO4S. The molecule has 0 atom stereocenters. The van der Waals surface area contributed by atoms with Gasteiger partial charge in [-0.25, -0.2) is 13.2 Å². The molecule has 1 saturated heterocycles. The van der Waals surface area contributed by atoms with E-state index in [-0.39, 0.29) is 11.0 Å². The molecule has 1 fully saturated rings. The number of methoxy groups -OCH3 is 1. The molecule has 0 amide bonds. The van der Waals surface area contributed by atoms with E-state index in [0.717, 1.165) is 24.2 Å². The fourth-order valence-corrected chi connectivity index (χ4v) is 4.49. The van der Waals surface area contributed by atoms with Crippen LogP contribution in [0, 0.1) is 6.92 Å². The molecule has 0 bridgehead atoms. The van der Waals surface area contributed by atoms with Crippen molar-refractivity contribution >= 4 is 15.8 Å². The Kier molecular flexibility index (Phi) is 5.00. The number of aryl methyl sites for hydroxylation is 1. The van der Waals surface area contributed by atoms with Crippen molar-refractivity contribution in [1.29, 1.82) is 0 Å². The first kappa shape index (κ1) is 16.0. The molecule has 2 rings (SSSR count).